The molecule has 2 aromatic carbocycles. The molecule has 0 spiro atoms. The molecule has 94 valence electrons. The van der Waals surface area contributed by atoms with Crippen LogP contribution in [0.5, 0.6) is 0 Å². The molecule has 19 heavy (non-hydrogen) atoms. The second-order valence-corrected chi connectivity index (χ2v) is 5.06. The highest BCUT2D eigenvalue weighted by molar-refractivity contribution is 6.03. The van der Waals surface area contributed by atoms with Crippen molar-refractivity contribution in [2.45, 2.75) is 20.3 Å². The molecule has 0 saturated carbocycles. The van der Waals surface area contributed by atoms with Crippen molar-refractivity contribution in [2.24, 2.45) is 0 Å². The van der Waals surface area contributed by atoms with Crippen LogP contribution in [0.15, 0.2) is 53.6 Å². The summed E-state index contributed by atoms with van der Waals surface area (Å²) in [5.74, 6) is 0. The fourth-order valence-electron chi connectivity index (χ4n) is 2.80. The molecule has 0 heterocycles. The van der Waals surface area contributed by atoms with Gasteiger partial charge in [0.25, 0.3) is 0 Å². The maximum Gasteiger partial charge on any atom is 0.151 e. The lowest BCUT2D eigenvalue weighted by molar-refractivity contribution is 0.112. The number of aldehydes is 1. The summed E-state index contributed by atoms with van der Waals surface area (Å²) in [5, 5.41) is 2.16. The van der Waals surface area contributed by atoms with Crippen LogP contribution in [0, 0.1) is 0 Å². The van der Waals surface area contributed by atoms with Crippen molar-refractivity contribution in [2.75, 3.05) is 0 Å². The minimum absolute atomic E-state index is 0.815. The Balaban J connectivity index is 2.29. The standard InChI is InChI=1S/C18H16O/c1-12-7-9-15(13(12)2)17-10-8-14-5-3-4-6-16(14)18(17)11-19/h3-8,10-11H,9H2,1-2H3. The van der Waals surface area contributed by atoms with E-state index in [9.17, 15) is 4.79 Å². The van der Waals surface area contributed by atoms with E-state index in [2.05, 4.69) is 32.1 Å². The maximum absolute atomic E-state index is 11.5. The van der Waals surface area contributed by atoms with Crippen LogP contribution >= 0.6 is 0 Å². The maximum atomic E-state index is 11.5. The minimum atomic E-state index is 0.815. The quantitative estimate of drug-likeness (QED) is 0.699. The van der Waals surface area contributed by atoms with E-state index in [0.29, 0.717) is 0 Å². The van der Waals surface area contributed by atoms with Crippen LogP contribution in [0.4, 0.5) is 0 Å². The zero-order valence-corrected chi connectivity index (χ0v) is 11.2. The van der Waals surface area contributed by atoms with Crippen LogP contribution in [0.25, 0.3) is 16.3 Å². The Bertz CT molecular complexity index is 732. The largest absolute Gasteiger partial charge is 0.298 e. The summed E-state index contributed by atoms with van der Waals surface area (Å²) in [6, 6.07) is 12.2. The number of allylic oxidation sites excluding steroid dienone is 4. The Kier molecular flexibility index (Phi) is 2.83. The fourth-order valence-corrected chi connectivity index (χ4v) is 2.80. The number of carbonyl (C=O) groups is 1. The van der Waals surface area contributed by atoms with E-state index in [0.717, 1.165) is 34.6 Å². The van der Waals surface area contributed by atoms with E-state index in [1.165, 1.54) is 16.7 Å². The van der Waals surface area contributed by atoms with Crippen molar-refractivity contribution in [3.63, 3.8) is 0 Å². The lowest BCUT2D eigenvalue weighted by Gasteiger charge is -2.11. The van der Waals surface area contributed by atoms with Gasteiger partial charge in [0, 0.05) is 5.56 Å². The molecule has 2 aromatic rings. The van der Waals surface area contributed by atoms with Crippen LogP contribution in [0.2, 0.25) is 0 Å². The van der Waals surface area contributed by atoms with E-state index >= 15 is 0 Å². The van der Waals surface area contributed by atoms with Crippen molar-refractivity contribution in [1.29, 1.82) is 0 Å². The molecule has 3 rings (SSSR count). The Hall–Kier alpha value is -2.15. The summed E-state index contributed by atoms with van der Waals surface area (Å²) < 4.78 is 0. The predicted molar refractivity (Wildman–Crippen MR) is 80.3 cm³/mol. The average Bonchev–Trinajstić information content (AvgIpc) is 2.77. The highest BCUT2D eigenvalue weighted by Gasteiger charge is 2.16. The van der Waals surface area contributed by atoms with E-state index < -0.39 is 0 Å². The Labute approximate surface area is 113 Å². The first kappa shape index (κ1) is 11.9. The van der Waals surface area contributed by atoms with Crippen LogP contribution in [0.3, 0.4) is 0 Å². The lowest BCUT2D eigenvalue weighted by atomic mass is 9.92. The molecule has 0 aromatic heterocycles. The Morgan fingerprint density at radius 2 is 1.84 bits per heavy atom. The molecule has 0 N–H and O–H groups in total. The number of hydrogen-bond donors (Lipinski definition) is 0. The molecule has 1 nitrogen and oxygen atoms in total. The molecule has 1 aliphatic carbocycles. The Morgan fingerprint density at radius 3 is 2.53 bits per heavy atom. The molecule has 0 radical (unpaired) electrons. The molecule has 1 heteroatoms. The third-order valence-corrected chi connectivity index (χ3v) is 4.07. The summed E-state index contributed by atoms with van der Waals surface area (Å²) in [7, 11) is 0. The molecule has 0 fully saturated rings. The zero-order valence-electron chi connectivity index (χ0n) is 11.2. The molecular weight excluding hydrogens is 232 g/mol. The summed E-state index contributed by atoms with van der Waals surface area (Å²) in [6.45, 7) is 4.27. The molecule has 0 amide bonds. The fraction of sp³-hybridized carbons (Fsp3) is 0.167. The van der Waals surface area contributed by atoms with Gasteiger partial charge in [0.15, 0.2) is 6.29 Å². The van der Waals surface area contributed by atoms with E-state index in [-0.39, 0.29) is 0 Å². The van der Waals surface area contributed by atoms with Crippen LogP contribution in [-0.2, 0) is 0 Å². The number of benzene rings is 2. The van der Waals surface area contributed by atoms with Gasteiger partial charge in [-0.2, -0.15) is 0 Å². The summed E-state index contributed by atoms with van der Waals surface area (Å²) >= 11 is 0. The molecule has 0 aliphatic heterocycles. The summed E-state index contributed by atoms with van der Waals surface area (Å²) in [6.07, 6.45) is 4.15. The van der Waals surface area contributed by atoms with Crippen LogP contribution < -0.4 is 0 Å². The first-order chi connectivity index (χ1) is 9.22. The molecule has 0 atom stereocenters. The van der Waals surface area contributed by atoms with Gasteiger partial charge >= 0.3 is 0 Å². The van der Waals surface area contributed by atoms with Gasteiger partial charge in [-0.25, -0.2) is 0 Å². The smallest absolute Gasteiger partial charge is 0.151 e. The number of carbonyl (C=O) groups excluding carboxylic acids is 1. The normalized spacial score (nSPS) is 14.9. The first-order valence-electron chi connectivity index (χ1n) is 6.56. The van der Waals surface area contributed by atoms with E-state index in [1.54, 1.807) is 0 Å². The van der Waals surface area contributed by atoms with Gasteiger partial charge in [-0.15, -0.1) is 0 Å². The van der Waals surface area contributed by atoms with E-state index in [1.807, 2.05) is 24.3 Å². The highest BCUT2D eigenvalue weighted by atomic mass is 16.1. The van der Waals surface area contributed by atoms with Crippen molar-refractivity contribution >= 4 is 22.6 Å². The first-order valence-corrected chi connectivity index (χ1v) is 6.56. The van der Waals surface area contributed by atoms with Gasteiger partial charge in [-0.05, 0) is 47.8 Å². The van der Waals surface area contributed by atoms with Crippen molar-refractivity contribution in [3.05, 3.63) is 64.7 Å². The molecular formula is C18H16O. The average molecular weight is 248 g/mol. The van der Waals surface area contributed by atoms with E-state index in [4.69, 9.17) is 0 Å². The topological polar surface area (TPSA) is 17.1 Å². The van der Waals surface area contributed by atoms with Gasteiger partial charge in [-0.1, -0.05) is 48.0 Å². The van der Waals surface area contributed by atoms with Gasteiger partial charge in [0.1, 0.15) is 0 Å². The van der Waals surface area contributed by atoms with Crippen LogP contribution in [-0.4, -0.2) is 6.29 Å². The number of fused-ring (bicyclic) bond motifs is 1. The van der Waals surface area contributed by atoms with Crippen LogP contribution in [0.1, 0.15) is 36.2 Å². The lowest BCUT2D eigenvalue weighted by Crippen LogP contribution is -1.94. The third kappa shape index (κ3) is 1.82. The minimum Gasteiger partial charge on any atom is -0.298 e. The predicted octanol–water partition coefficient (Wildman–Crippen LogP) is 4.78. The van der Waals surface area contributed by atoms with Gasteiger partial charge < -0.3 is 0 Å². The Morgan fingerprint density at radius 1 is 1.05 bits per heavy atom. The second-order valence-electron chi connectivity index (χ2n) is 5.06. The SMILES string of the molecule is CC1=CCC(c2ccc3ccccc3c2C=O)=C1C. The van der Waals surface area contributed by atoms with Gasteiger partial charge in [-0.3, -0.25) is 4.79 Å². The molecule has 0 saturated heterocycles. The monoisotopic (exact) mass is 248 g/mol. The number of hydrogen-bond acceptors (Lipinski definition) is 1. The molecule has 1 aliphatic rings. The molecule has 0 unspecified atom stereocenters. The zero-order chi connectivity index (χ0) is 13.4. The van der Waals surface area contributed by atoms with Crippen molar-refractivity contribution in [3.8, 4) is 0 Å². The van der Waals surface area contributed by atoms with Gasteiger partial charge in [0.05, 0.1) is 0 Å². The second kappa shape index (κ2) is 4.51. The van der Waals surface area contributed by atoms with Crippen molar-refractivity contribution in [1.82, 2.24) is 0 Å². The summed E-state index contributed by atoms with van der Waals surface area (Å²) in [4.78, 5) is 11.5. The summed E-state index contributed by atoms with van der Waals surface area (Å²) in [5.41, 5.74) is 5.80. The third-order valence-electron chi connectivity index (χ3n) is 4.07. The molecule has 0 bridgehead atoms. The number of rotatable bonds is 2. The highest BCUT2D eigenvalue weighted by Crippen LogP contribution is 2.36. The van der Waals surface area contributed by atoms with Crippen molar-refractivity contribution < 1.29 is 4.79 Å². The van der Waals surface area contributed by atoms with Gasteiger partial charge in [0.2, 0.25) is 0 Å².